The first-order valence-corrected chi connectivity index (χ1v) is 11.4. The fourth-order valence-corrected chi connectivity index (χ4v) is 5.01. The van der Waals surface area contributed by atoms with Crippen LogP contribution in [0.1, 0.15) is 37.1 Å². The van der Waals surface area contributed by atoms with Crippen molar-refractivity contribution >= 4 is 41.3 Å². The van der Waals surface area contributed by atoms with Gasteiger partial charge in [-0.3, -0.25) is 14.8 Å². The molecule has 0 aromatic carbocycles. The highest BCUT2D eigenvalue weighted by molar-refractivity contribution is 14.0. The van der Waals surface area contributed by atoms with Crippen LogP contribution in [-0.2, 0) is 0 Å². The van der Waals surface area contributed by atoms with Gasteiger partial charge in [-0.1, -0.05) is 6.07 Å². The van der Waals surface area contributed by atoms with E-state index in [0.29, 0.717) is 32.2 Å². The summed E-state index contributed by atoms with van der Waals surface area (Å²) in [5, 5.41) is 8.74. The van der Waals surface area contributed by atoms with E-state index in [1.807, 2.05) is 6.92 Å². The van der Waals surface area contributed by atoms with Gasteiger partial charge in [-0.25, -0.2) is 0 Å². The topological polar surface area (TPSA) is 42.9 Å². The smallest absolute Gasteiger partial charge is 0.357 e. The van der Waals surface area contributed by atoms with Crippen molar-refractivity contribution in [2.75, 3.05) is 52.4 Å². The molecule has 2 aliphatic heterocycles. The number of guanidine groups is 1. The highest BCUT2D eigenvalue weighted by Gasteiger charge is 2.34. The number of thiophene rings is 1. The Bertz CT molecular complexity index is 635. The fourth-order valence-electron chi connectivity index (χ4n) is 4.16. The van der Waals surface area contributed by atoms with Gasteiger partial charge in [0.1, 0.15) is 0 Å². The fraction of sp³-hybridized carbons (Fsp3) is 0.750. The molecule has 1 aromatic rings. The highest BCUT2D eigenvalue weighted by Crippen LogP contribution is 2.28. The Morgan fingerprint density at radius 1 is 1.27 bits per heavy atom. The molecule has 172 valence electrons. The maximum Gasteiger partial charge on any atom is 0.401 e. The Morgan fingerprint density at radius 3 is 2.67 bits per heavy atom. The van der Waals surface area contributed by atoms with Crippen LogP contribution in [0.4, 0.5) is 13.2 Å². The molecule has 2 atom stereocenters. The van der Waals surface area contributed by atoms with Crippen molar-refractivity contribution in [3.63, 3.8) is 0 Å². The van der Waals surface area contributed by atoms with E-state index in [1.165, 1.54) is 22.6 Å². The summed E-state index contributed by atoms with van der Waals surface area (Å²) in [4.78, 5) is 10.2. The third-order valence-corrected chi connectivity index (χ3v) is 6.52. The average molecular weight is 559 g/mol. The van der Waals surface area contributed by atoms with Crippen molar-refractivity contribution < 1.29 is 13.2 Å². The maximum absolute atomic E-state index is 12.6. The van der Waals surface area contributed by atoms with Crippen LogP contribution in [0.15, 0.2) is 22.5 Å². The molecule has 0 amide bonds. The summed E-state index contributed by atoms with van der Waals surface area (Å²) in [5.74, 6) is 0.968. The molecule has 10 heteroatoms. The van der Waals surface area contributed by atoms with Gasteiger partial charge in [0.2, 0.25) is 0 Å². The summed E-state index contributed by atoms with van der Waals surface area (Å²) < 4.78 is 37.7. The van der Waals surface area contributed by atoms with Gasteiger partial charge in [0, 0.05) is 24.5 Å². The van der Waals surface area contributed by atoms with Crippen molar-refractivity contribution in [1.29, 1.82) is 0 Å². The van der Waals surface area contributed by atoms with E-state index in [2.05, 4.69) is 33.0 Å². The number of aliphatic imine (C=N–C) groups is 1. The number of nitrogens with zero attached hydrogens (tertiary/aromatic N) is 3. The molecule has 0 bridgehead atoms. The Kier molecular flexibility index (Phi) is 10.7. The number of hydrogen-bond acceptors (Lipinski definition) is 4. The normalized spacial score (nSPS) is 22.1. The third kappa shape index (κ3) is 8.16. The molecule has 5 nitrogen and oxygen atoms in total. The second-order valence-corrected chi connectivity index (χ2v) is 8.86. The van der Waals surface area contributed by atoms with Crippen LogP contribution in [0.25, 0.3) is 0 Å². The summed E-state index contributed by atoms with van der Waals surface area (Å²) in [6.07, 6.45) is -0.862. The first-order valence-electron chi connectivity index (χ1n) is 10.5. The van der Waals surface area contributed by atoms with Gasteiger partial charge >= 0.3 is 6.18 Å². The zero-order valence-electron chi connectivity index (χ0n) is 17.5. The number of halogens is 4. The summed E-state index contributed by atoms with van der Waals surface area (Å²) in [5.41, 5.74) is 0. The highest BCUT2D eigenvalue weighted by atomic mass is 127. The van der Waals surface area contributed by atoms with Crippen LogP contribution in [0.5, 0.6) is 0 Å². The molecule has 2 unspecified atom stereocenters. The van der Waals surface area contributed by atoms with E-state index in [9.17, 15) is 13.2 Å². The van der Waals surface area contributed by atoms with Crippen molar-refractivity contribution in [3.05, 3.63) is 22.4 Å². The molecule has 30 heavy (non-hydrogen) atoms. The van der Waals surface area contributed by atoms with Gasteiger partial charge in [0.25, 0.3) is 0 Å². The van der Waals surface area contributed by atoms with E-state index in [4.69, 9.17) is 4.99 Å². The standard InChI is InChI=1S/C20H32F3N5S.HI/c1-2-24-19(25-12-16-7-10-27(14-16)15-20(21,22)23)26-13-17(18-6-5-11-29-18)28-8-3-4-9-28;/h5-6,11,16-17H,2-4,7-10,12-15H2,1H3,(H2,24,25,26);1H. The monoisotopic (exact) mass is 559 g/mol. The zero-order valence-corrected chi connectivity index (χ0v) is 20.6. The Hall–Kier alpha value is -0.590. The lowest BCUT2D eigenvalue weighted by Gasteiger charge is -2.25. The van der Waals surface area contributed by atoms with Crippen LogP contribution >= 0.6 is 35.3 Å². The second kappa shape index (κ2) is 12.4. The number of hydrogen-bond donors (Lipinski definition) is 2. The molecule has 1 aromatic heterocycles. The minimum Gasteiger partial charge on any atom is -0.357 e. The summed E-state index contributed by atoms with van der Waals surface area (Å²) in [7, 11) is 0. The largest absolute Gasteiger partial charge is 0.401 e. The molecule has 0 radical (unpaired) electrons. The van der Waals surface area contributed by atoms with Crippen LogP contribution in [0, 0.1) is 5.92 Å². The van der Waals surface area contributed by atoms with E-state index in [1.54, 1.807) is 11.3 Å². The van der Waals surface area contributed by atoms with Gasteiger partial charge in [-0.05, 0) is 63.2 Å². The lowest BCUT2D eigenvalue weighted by molar-refractivity contribution is -0.143. The van der Waals surface area contributed by atoms with Gasteiger partial charge in [-0.15, -0.1) is 35.3 Å². The predicted molar refractivity (Wildman–Crippen MR) is 128 cm³/mol. The molecule has 3 rings (SSSR count). The van der Waals surface area contributed by atoms with Gasteiger partial charge in [0.05, 0.1) is 19.1 Å². The average Bonchev–Trinajstić information content (AvgIpc) is 3.42. The number of rotatable bonds is 8. The van der Waals surface area contributed by atoms with Crippen molar-refractivity contribution in [3.8, 4) is 0 Å². The molecule has 2 aliphatic rings. The van der Waals surface area contributed by atoms with Crippen molar-refractivity contribution in [2.24, 2.45) is 10.9 Å². The number of likely N-dealkylation sites (tertiary alicyclic amines) is 2. The molecule has 0 aliphatic carbocycles. The van der Waals surface area contributed by atoms with Crippen LogP contribution in [0.2, 0.25) is 0 Å². The van der Waals surface area contributed by atoms with E-state index >= 15 is 0 Å². The number of alkyl halides is 3. The molecule has 2 N–H and O–H groups in total. The summed E-state index contributed by atoms with van der Waals surface area (Å²) in [6, 6.07) is 4.56. The lowest BCUT2D eigenvalue weighted by atomic mass is 10.1. The van der Waals surface area contributed by atoms with Crippen LogP contribution in [-0.4, -0.2) is 74.3 Å². The van der Waals surface area contributed by atoms with Gasteiger partial charge < -0.3 is 10.6 Å². The summed E-state index contributed by atoms with van der Waals surface area (Å²) >= 11 is 1.77. The zero-order chi connectivity index (χ0) is 20.7. The number of nitrogens with one attached hydrogen (secondary N) is 2. The Balaban J connectivity index is 0.00000320. The maximum atomic E-state index is 12.6. The van der Waals surface area contributed by atoms with E-state index in [0.717, 1.165) is 32.0 Å². The van der Waals surface area contributed by atoms with Crippen LogP contribution < -0.4 is 10.6 Å². The molecule has 0 saturated carbocycles. The second-order valence-electron chi connectivity index (χ2n) is 7.88. The third-order valence-electron chi connectivity index (χ3n) is 5.55. The first kappa shape index (κ1) is 25.7. The van der Waals surface area contributed by atoms with Gasteiger partial charge in [-0.2, -0.15) is 13.2 Å². The minimum absolute atomic E-state index is 0. The van der Waals surface area contributed by atoms with E-state index < -0.39 is 12.7 Å². The first-order chi connectivity index (χ1) is 13.9. The molecule has 3 heterocycles. The molecule has 2 saturated heterocycles. The van der Waals surface area contributed by atoms with Crippen LogP contribution in [0.3, 0.4) is 0 Å². The van der Waals surface area contributed by atoms with Crippen molar-refractivity contribution in [2.45, 2.75) is 38.4 Å². The predicted octanol–water partition coefficient (Wildman–Crippen LogP) is 3.94. The van der Waals surface area contributed by atoms with E-state index in [-0.39, 0.29) is 29.9 Å². The Morgan fingerprint density at radius 2 is 2.03 bits per heavy atom. The lowest BCUT2D eigenvalue weighted by Crippen LogP contribution is -2.41. The molecular formula is C20H33F3IN5S. The molecule has 2 fully saturated rings. The van der Waals surface area contributed by atoms with Crippen molar-refractivity contribution in [1.82, 2.24) is 20.4 Å². The molecular weight excluding hydrogens is 526 g/mol. The SMILES string of the molecule is CCNC(=NCC(c1cccs1)N1CCCC1)NCC1CCN(CC(F)(F)F)C1.I. The molecule has 0 spiro atoms. The Labute approximate surface area is 198 Å². The van der Waals surface area contributed by atoms with Gasteiger partial charge in [0.15, 0.2) is 5.96 Å². The summed E-state index contributed by atoms with van der Waals surface area (Å²) in [6.45, 7) is 6.51. The quantitative estimate of drug-likeness (QED) is 0.288. The minimum atomic E-state index is -4.12.